The van der Waals surface area contributed by atoms with E-state index in [9.17, 15) is 0 Å². The number of aryl methyl sites for hydroxylation is 1. The normalized spacial score (nSPS) is 12.4. The molecule has 3 aromatic rings. The lowest BCUT2D eigenvalue weighted by Crippen LogP contribution is -1.93. The summed E-state index contributed by atoms with van der Waals surface area (Å²) in [5.41, 5.74) is 3.28. The van der Waals surface area contributed by atoms with E-state index in [0.717, 1.165) is 22.9 Å². The molecule has 0 bridgehead atoms. The van der Waals surface area contributed by atoms with Crippen molar-refractivity contribution in [3.05, 3.63) is 53.7 Å². The third kappa shape index (κ3) is 2.40. The third-order valence-corrected chi connectivity index (χ3v) is 4.63. The van der Waals surface area contributed by atoms with Crippen molar-refractivity contribution in [3.63, 3.8) is 0 Å². The van der Waals surface area contributed by atoms with E-state index in [4.69, 9.17) is 9.47 Å². The lowest BCUT2D eigenvalue weighted by Gasteiger charge is -2.06. The summed E-state index contributed by atoms with van der Waals surface area (Å²) in [6.45, 7) is 2.41. The molecule has 2 aromatic heterocycles. The number of nitrogens with one attached hydrogen (secondary N) is 1. The quantitative estimate of drug-likeness (QED) is 0.768. The number of anilines is 2. The van der Waals surface area contributed by atoms with Gasteiger partial charge in [0.1, 0.15) is 0 Å². The molecule has 0 amide bonds. The third-order valence-electron chi connectivity index (χ3n) is 3.53. The summed E-state index contributed by atoms with van der Waals surface area (Å²) < 4.78 is 10.8. The first kappa shape index (κ1) is 13.2. The first-order chi connectivity index (χ1) is 10.8. The average molecular weight is 310 g/mol. The van der Waals surface area contributed by atoms with Crippen LogP contribution in [0.1, 0.15) is 4.88 Å². The second kappa shape index (κ2) is 5.35. The zero-order valence-electron chi connectivity index (χ0n) is 12.0. The predicted molar refractivity (Wildman–Crippen MR) is 88.1 cm³/mol. The Hall–Kier alpha value is -2.53. The van der Waals surface area contributed by atoms with Gasteiger partial charge in [-0.2, -0.15) is 0 Å². The topological polar surface area (TPSA) is 43.4 Å². The molecular formula is C17H14N2O2S. The van der Waals surface area contributed by atoms with E-state index in [1.807, 2.05) is 42.7 Å². The van der Waals surface area contributed by atoms with Gasteiger partial charge in [-0.25, -0.2) is 0 Å². The van der Waals surface area contributed by atoms with Crippen LogP contribution >= 0.6 is 11.3 Å². The summed E-state index contributed by atoms with van der Waals surface area (Å²) in [7, 11) is 0. The zero-order valence-corrected chi connectivity index (χ0v) is 12.8. The molecule has 110 valence electrons. The van der Waals surface area contributed by atoms with Crippen LogP contribution in [-0.2, 0) is 0 Å². The van der Waals surface area contributed by atoms with Crippen molar-refractivity contribution in [2.45, 2.75) is 6.92 Å². The van der Waals surface area contributed by atoms with Crippen molar-refractivity contribution in [2.75, 3.05) is 12.1 Å². The SMILES string of the molecule is Cc1sc(-c2ccncc2)cc1Nc1ccc2c(c1)OCO2. The minimum Gasteiger partial charge on any atom is -0.454 e. The van der Waals surface area contributed by atoms with Crippen molar-refractivity contribution in [3.8, 4) is 21.9 Å². The maximum atomic E-state index is 5.42. The molecular weight excluding hydrogens is 296 g/mol. The van der Waals surface area contributed by atoms with Crippen LogP contribution in [0.4, 0.5) is 11.4 Å². The number of pyridine rings is 1. The number of hydrogen-bond acceptors (Lipinski definition) is 5. The first-order valence-corrected chi connectivity index (χ1v) is 7.79. The summed E-state index contributed by atoms with van der Waals surface area (Å²) >= 11 is 1.77. The van der Waals surface area contributed by atoms with Gasteiger partial charge in [0, 0.05) is 33.9 Å². The first-order valence-electron chi connectivity index (χ1n) is 6.97. The number of thiophene rings is 1. The average Bonchev–Trinajstić information content (AvgIpc) is 3.15. The summed E-state index contributed by atoms with van der Waals surface area (Å²) in [5.74, 6) is 1.58. The lowest BCUT2D eigenvalue weighted by molar-refractivity contribution is 0.174. The van der Waals surface area contributed by atoms with Crippen molar-refractivity contribution >= 4 is 22.7 Å². The van der Waals surface area contributed by atoms with E-state index in [1.165, 1.54) is 15.3 Å². The molecule has 1 aromatic carbocycles. The van der Waals surface area contributed by atoms with Gasteiger partial charge in [-0.3, -0.25) is 4.98 Å². The molecule has 1 aliphatic rings. The molecule has 0 saturated carbocycles. The molecule has 4 nitrogen and oxygen atoms in total. The highest BCUT2D eigenvalue weighted by Crippen LogP contribution is 2.38. The van der Waals surface area contributed by atoms with Crippen LogP contribution in [-0.4, -0.2) is 11.8 Å². The number of ether oxygens (including phenoxy) is 2. The fraction of sp³-hybridized carbons (Fsp3) is 0.118. The highest BCUT2D eigenvalue weighted by atomic mass is 32.1. The molecule has 5 heteroatoms. The van der Waals surface area contributed by atoms with Gasteiger partial charge >= 0.3 is 0 Å². The number of nitrogens with zero attached hydrogens (tertiary/aromatic N) is 1. The number of aromatic nitrogens is 1. The highest BCUT2D eigenvalue weighted by Gasteiger charge is 2.14. The molecule has 0 atom stereocenters. The Morgan fingerprint density at radius 3 is 2.73 bits per heavy atom. The zero-order chi connectivity index (χ0) is 14.9. The molecule has 3 heterocycles. The standard InChI is InChI=1S/C17H14N2O2S/c1-11-14(9-17(22-11)12-4-6-18-7-5-12)19-13-2-3-15-16(8-13)21-10-20-15/h2-9,19H,10H2,1H3. The Balaban J connectivity index is 1.62. The Morgan fingerprint density at radius 1 is 1.05 bits per heavy atom. The van der Waals surface area contributed by atoms with Crippen LogP contribution in [0.5, 0.6) is 11.5 Å². The second-order valence-electron chi connectivity index (χ2n) is 5.01. The lowest BCUT2D eigenvalue weighted by atomic mass is 10.2. The molecule has 0 aliphatic carbocycles. The van der Waals surface area contributed by atoms with Crippen molar-refractivity contribution in [2.24, 2.45) is 0 Å². The van der Waals surface area contributed by atoms with Crippen molar-refractivity contribution in [1.82, 2.24) is 4.98 Å². The van der Waals surface area contributed by atoms with E-state index >= 15 is 0 Å². The van der Waals surface area contributed by atoms with E-state index in [2.05, 4.69) is 23.3 Å². The van der Waals surface area contributed by atoms with Crippen LogP contribution in [0.3, 0.4) is 0 Å². The predicted octanol–water partition coefficient (Wildman–Crippen LogP) is 4.59. The van der Waals surface area contributed by atoms with Gasteiger partial charge in [-0.15, -0.1) is 11.3 Å². The maximum Gasteiger partial charge on any atom is 0.231 e. The fourth-order valence-electron chi connectivity index (χ4n) is 2.39. The van der Waals surface area contributed by atoms with Crippen LogP contribution in [0.25, 0.3) is 10.4 Å². The van der Waals surface area contributed by atoms with E-state index in [1.54, 1.807) is 11.3 Å². The van der Waals surface area contributed by atoms with Crippen LogP contribution in [0.15, 0.2) is 48.8 Å². The van der Waals surface area contributed by atoms with E-state index < -0.39 is 0 Å². The van der Waals surface area contributed by atoms with Crippen molar-refractivity contribution in [1.29, 1.82) is 0 Å². The van der Waals surface area contributed by atoms with Gasteiger partial charge in [0.2, 0.25) is 6.79 Å². The molecule has 1 N–H and O–H groups in total. The molecule has 0 radical (unpaired) electrons. The number of hydrogen-bond donors (Lipinski definition) is 1. The summed E-state index contributed by atoms with van der Waals surface area (Å²) in [6, 6.07) is 12.1. The fourth-order valence-corrected chi connectivity index (χ4v) is 3.37. The highest BCUT2D eigenvalue weighted by molar-refractivity contribution is 7.16. The monoisotopic (exact) mass is 310 g/mol. The summed E-state index contributed by atoms with van der Waals surface area (Å²) in [4.78, 5) is 6.53. The minimum absolute atomic E-state index is 0.294. The summed E-state index contributed by atoms with van der Waals surface area (Å²) in [5, 5.41) is 3.45. The smallest absolute Gasteiger partial charge is 0.231 e. The van der Waals surface area contributed by atoms with Crippen LogP contribution in [0, 0.1) is 6.92 Å². The Morgan fingerprint density at radius 2 is 1.86 bits per heavy atom. The Labute approximate surface area is 132 Å². The Kier molecular flexibility index (Phi) is 3.20. The van der Waals surface area contributed by atoms with Crippen molar-refractivity contribution < 1.29 is 9.47 Å². The number of fused-ring (bicyclic) bond motifs is 1. The van der Waals surface area contributed by atoms with Gasteiger partial charge in [0.15, 0.2) is 11.5 Å². The molecule has 1 aliphatic heterocycles. The minimum atomic E-state index is 0.294. The maximum absolute atomic E-state index is 5.42. The molecule has 22 heavy (non-hydrogen) atoms. The molecule has 4 rings (SSSR count). The van der Waals surface area contributed by atoms with Gasteiger partial charge in [0.25, 0.3) is 0 Å². The Bertz CT molecular complexity index is 815. The largest absolute Gasteiger partial charge is 0.454 e. The van der Waals surface area contributed by atoms with Gasteiger partial charge in [-0.1, -0.05) is 0 Å². The summed E-state index contributed by atoms with van der Waals surface area (Å²) in [6.07, 6.45) is 3.63. The van der Waals surface area contributed by atoms with E-state index in [-0.39, 0.29) is 0 Å². The van der Waals surface area contributed by atoms with Gasteiger partial charge < -0.3 is 14.8 Å². The molecule has 0 saturated heterocycles. The molecule has 0 unspecified atom stereocenters. The van der Waals surface area contributed by atoms with Crippen LogP contribution in [0.2, 0.25) is 0 Å². The molecule has 0 spiro atoms. The van der Waals surface area contributed by atoms with Crippen LogP contribution < -0.4 is 14.8 Å². The number of benzene rings is 1. The van der Waals surface area contributed by atoms with Gasteiger partial charge in [-0.05, 0) is 42.8 Å². The molecule has 0 fully saturated rings. The number of rotatable bonds is 3. The second-order valence-corrected chi connectivity index (χ2v) is 6.27. The van der Waals surface area contributed by atoms with E-state index in [0.29, 0.717) is 6.79 Å². The van der Waals surface area contributed by atoms with Gasteiger partial charge in [0.05, 0.1) is 5.69 Å².